The third-order valence-corrected chi connectivity index (χ3v) is 2.14. The van der Waals surface area contributed by atoms with Crippen LogP contribution in [0.15, 0.2) is 36.5 Å². The van der Waals surface area contributed by atoms with Crippen LogP contribution in [0.3, 0.4) is 0 Å². The molecule has 1 aromatic heterocycles. The molecule has 0 bridgehead atoms. The van der Waals surface area contributed by atoms with Gasteiger partial charge in [0.2, 0.25) is 5.88 Å². The van der Waals surface area contributed by atoms with E-state index in [-0.39, 0.29) is 0 Å². The third kappa shape index (κ3) is 1.48. The number of hydrogen-bond donors (Lipinski definition) is 0. The number of aryl methyl sites for hydroxylation is 1. The summed E-state index contributed by atoms with van der Waals surface area (Å²) in [6.45, 7) is 2.06. The number of aromatic nitrogens is 2. The molecule has 0 N–H and O–H groups in total. The number of para-hydroxylation sites is 1. The van der Waals surface area contributed by atoms with Crippen LogP contribution in [-0.2, 0) is 0 Å². The fraction of sp³-hybridized carbons (Fsp3) is 0.182. The van der Waals surface area contributed by atoms with Gasteiger partial charge in [0.1, 0.15) is 0 Å². The summed E-state index contributed by atoms with van der Waals surface area (Å²) in [7, 11) is 1.62. The highest BCUT2D eigenvalue weighted by molar-refractivity contribution is 5.39. The molecule has 1 aromatic carbocycles. The van der Waals surface area contributed by atoms with E-state index in [1.54, 1.807) is 7.11 Å². The average molecular weight is 188 g/mol. The van der Waals surface area contributed by atoms with E-state index in [4.69, 9.17) is 4.74 Å². The van der Waals surface area contributed by atoms with Gasteiger partial charge in [0, 0.05) is 12.3 Å². The van der Waals surface area contributed by atoms with Crippen LogP contribution in [0.1, 0.15) is 5.56 Å². The zero-order chi connectivity index (χ0) is 9.97. The number of methoxy groups -OCH3 is 1. The Bertz CT molecular complexity index is 434. The topological polar surface area (TPSA) is 27.1 Å². The summed E-state index contributed by atoms with van der Waals surface area (Å²) in [5.41, 5.74) is 2.27. The molecule has 0 radical (unpaired) electrons. The maximum absolute atomic E-state index is 5.02. The summed E-state index contributed by atoms with van der Waals surface area (Å²) in [5.74, 6) is 0.633. The van der Waals surface area contributed by atoms with E-state index in [2.05, 4.69) is 18.1 Å². The maximum atomic E-state index is 5.02. The predicted octanol–water partition coefficient (Wildman–Crippen LogP) is 2.19. The minimum atomic E-state index is 0.633. The first-order chi connectivity index (χ1) is 6.81. The van der Waals surface area contributed by atoms with Crippen LogP contribution in [0.5, 0.6) is 5.88 Å². The quantitative estimate of drug-likeness (QED) is 0.722. The molecular weight excluding hydrogens is 176 g/mol. The zero-order valence-corrected chi connectivity index (χ0v) is 8.27. The van der Waals surface area contributed by atoms with Crippen molar-refractivity contribution >= 4 is 0 Å². The van der Waals surface area contributed by atoms with Gasteiger partial charge in [-0.2, -0.15) is 0 Å². The SMILES string of the molecule is COc1ccn(-c2ccccc2C)n1. The third-order valence-electron chi connectivity index (χ3n) is 2.14. The number of rotatable bonds is 2. The van der Waals surface area contributed by atoms with Crippen molar-refractivity contribution in [2.45, 2.75) is 6.92 Å². The molecule has 0 aliphatic carbocycles. The van der Waals surface area contributed by atoms with Gasteiger partial charge in [0.05, 0.1) is 12.8 Å². The van der Waals surface area contributed by atoms with Crippen molar-refractivity contribution in [3.63, 3.8) is 0 Å². The summed E-state index contributed by atoms with van der Waals surface area (Å²) in [4.78, 5) is 0. The summed E-state index contributed by atoms with van der Waals surface area (Å²) in [6, 6.07) is 9.94. The monoisotopic (exact) mass is 188 g/mol. The molecule has 0 saturated heterocycles. The maximum Gasteiger partial charge on any atom is 0.232 e. The Balaban J connectivity index is 2.44. The smallest absolute Gasteiger partial charge is 0.232 e. The fourth-order valence-electron chi connectivity index (χ4n) is 1.37. The van der Waals surface area contributed by atoms with Crippen LogP contribution in [-0.4, -0.2) is 16.9 Å². The molecule has 72 valence electrons. The summed E-state index contributed by atoms with van der Waals surface area (Å²) < 4.78 is 6.84. The number of hydrogen-bond acceptors (Lipinski definition) is 2. The van der Waals surface area contributed by atoms with E-state index in [1.807, 2.05) is 35.1 Å². The van der Waals surface area contributed by atoms with Gasteiger partial charge in [-0.3, -0.25) is 0 Å². The molecule has 0 atom stereocenters. The number of ether oxygens (including phenoxy) is 1. The van der Waals surface area contributed by atoms with Crippen LogP contribution >= 0.6 is 0 Å². The first kappa shape index (κ1) is 8.81. The van der Waals surface area contributed by atoms with Gasteiger partial charge >= 0.3 is 0 Å². The summed E-state index contributed by atoms with van der Waals surface area (Å²) in [5, 5.41) is 4.25. The molecule has 0 saturated carbocycles. The summed E-state index contributed by atoms with van der Waals surface area (Å²) >= 11 is 0. The molecule has 0 amide bonds. The van der Waals surface area contributed by atoms with Crippen LogP contribution in [0.2, 0.25) is 0 Å². The average Bonchev–Trinajstić information content (AvgIpc) is 2.67. The van der Waals surface area contributed by atoms with Crippen LogP contribution in [0.4, 0.5) is 0 Å². The van der Waals surface area contributed by atoms with Crippen molar-refractivity contribution in [1.29, 1.82) is 0 Å². The van der Waals surface area contributed by atoms with Crippen molar-refractivity contribution in [3.05, 3.63) is 42.1 Å². The van der Waals surface area contributed by atoms with Gasteiger partial charge in [-0.1, -0.05) is 18.2 Å². The highest BCUT2D eigenvalue weighted by Gasteiger charge is 2.02. The van der Waals surface area contributed by atoms with E-state index in [0.29, 0.717) is 5.88 Å². The largest absolute Gasteiger partial charge is 0.480 e. The molecule has 1 heterocycles. The second kappa shape index (κ2) is 3.54. The molecule has 2 rings (SSSR count). The number of nitrogens with zero attached hydrogens (tertiary/aromatic N) is 2. The number of benzene rings is 1. The Morgan fingerprint density at radius 3 is 2.64 bits per heavy atom. The molecule has 3 nitrogen and oxygen atoms in total. The Hall–Kier alpha value is -1.77. The van der Waals surface area contributed by atoms with E-state index < -0.39 is 0 Å². The molecular formula is C11H12N2O. The zero-order valence-electron chi connectivity index (χ0n) is 8.27. The lowest BCUT2D eigenvalue weighted by molar-refractivity contribution is 0.394. The van der Waals surface area contributed by atoms with Gasteiger partial charge in [0.25, 0.3) is 0 Å². The normalized spacial score (nSPS) is 10.1. The van der Waals surface area contributed by atoms with Crippen LogP contribution in [0, 0.1) is 6.92 Å². The Kier molecular flexibility index (Phi) is 2.23. The van der Waals surface area contributed by atoms with E-state index >= 15 is 0 Å². The Labute approximate surface area is 82.9 Å². The summed E-state index contributed by atoms with van der Waals surface area (Å²) in [6.07, 6.45) is 1.89. The molecule has 0 spiro atoms. The molecule has 14 heavy (non-hydrogen) atoms. The first-order valence-electron chi connectivity index (χ1n) is 4.47. The van der Waals surface area contributed by atoms with Gasteiger partial charge < -0.3 is 4.74 Å². The highest BCUT2D eigenvalue weighted by atomic mass is 16.5. The standard InChI is InChI=1S/C11H12N2O/c1-9-5-3-4-6-10(9)13-8-7-11(12-13)14-2/h3-8H,1-2H3. The van der Waals surface area contributed by atoms with Gasteiger partial charge in [-0.15, -0.1) is 5.10 Å². The first-order valence-corrected chi connectivity index (χ1v) is 4.47. The Morgan fingerprint density at radius 1 is 1.21 bits per heavy atom. The molecule has 0 aliphatic heterocycles. The van der Waals surface area contributed by atoms with E-state index in [1.165, 1.54) is 5.56 Å². The van der Waals surface area contributed by atoms with Gasteiger partial charge in [-0.25, -0.2) is 4.68 Å². The minimum absolute atomic E-state index is 0.633. The lowest BCUT2D eigenvalue weighted by atomic mass is 10.2. The molecule has 2 aromatic rings. The van der Waals surface area contributed by atoms with Gasteiger partial charge in [-0.05, 0) is 18.6 Å². The molecule has 0 aliphatic rings. The van der Waals surface area contributed by atoms with Crippen molar-refractivity contribution in [2.75, 3.05) is 7.11 Å². The van der Waals surface area contributed by atoms with Crippen molar-refractivity contribution < 1.29 is 4.74 Å². The lowest BCUT2D eigenvalue weighted by Crippen LogP contribution is -1.97. The second-order valence-electron chi connectivity index (χ2n) is 3.09. The molecule has 0 fully saturated rings. The molecule has 3 heteroatoms. The van der Waals surface area contributed by atoms with Crippen molar-refractivity contribution in [2.24, 2.45) is 0 Å². The Morgan fingerprint density at radius 2 is 2.00 bits per heavy atom. The molecule has 0 unspecified atom stereocenters. The van der Waals surface area contributed by atoms with E-state index in [0.717, 1.165) is 5.69 Å². The van der Waals surface area contributed by atoms with Crippen molar-refractivity contribution in [1.82, 2.24) is 9.78 Å². The predicted molar refractivity (Wildman–Crippen MR) is 54.9 cm³/mol. The minimum Gasteiger partial charge on any atom is -0.480 e. The van der Waals surface area contributed by atoms with Crippen LogP contribution in [0.25, 0.3) is 5.69 Å². The van der Waals surface area contributed by atoms with Crippen molar-refractivity contribution in [3.8, 4) is 11.6 Å². The fourth-order valence-corrected chi connectivity index (χ4v) is 1.37. The van der Waals surface area contributed by atoms with E-state index in [9.17, 15) is 0 Å². The van der Waals surface area contributed by atoms with Gasteiger partial charge in [0.15, 0.2) is 0 Å². The van der Waals surface area contributed by atoms with Crippen LogP contribution < -0.4 is 4.74 Å². The highest BCUT2D eigenvalue weighted by Crippen LogP contribution is 2.14. The lowest BCUT2D eigenvalue weighted by Gasteiger charge is -2.04. The second-order valence-corrected chi connectivity index (χ2v) is 3.09.